The van der Waals surface area contributed by atoms with E-state index in [0.717, 1.165) is 142 Å². The van der Waals surface area contributed by atoms with Gasteiger partial charge in [0, 0.05) is 97.6 Å². The van der Waals surface area contributed by atoms with E-state index in [1.807, 2.05) is 24.5 Å². The minimum absolute atomic E-state index is 0.106. The quantitative estimate of drug-likeness (QED) is 0.0313. The van der Waals surface area contributed by atoms with Crippen LogP contribution in [0.2, 0.25) is 0 Å². The van der Waals surface area contributed by atoms with Gasteiger partial charge in [-0.3, -0.25) is 47.9 Å². The van der Waals surface area contributed by atoms with Crippen molar-refractivity contribution in [1.29, 1.82) is 0 Å². The number of hydrogen-bond acceptors (Lipinski definition) is 15. The van der Waals surface area contributed by atoms with Crippen molar-refractivity contribution < 1.29 is 71.6 Å². The Morgan fingerprint density at radius 3 is 0.451 bits per heavy atom. The molecule has 0 aromatic carbocycles. The predicted molar refractivity (Wildman–Crippen MR) is 498 cm³/mol. The Balaban J connectivity index is 0.000000768. The molecule has 0 spiro atoms. The number of esters is 5. The summed E-state index contributed by atoms with van der Waals surface area (Å²) in [5.41, 5.74) is 0. The van der Waals surface area contributed by atoms with Gasteiger partial charge in [-0.05, 0) is 64.2 Å². The second-order valence-electron chi connectivity index (χ2n) is 36.2. The van der Waals surface area contributed by atoms with Crippen LogP contribution in [0.5, 0.6) is 0 Å². The van der Waals surface area contributed by atoms with Gasteiger partial charge in [-0.25, -0.2) is 0 Å². The molecule has 20 nitrogen and oxygen atoms in total. The molecule has 0 bridgehead atoms. The third-order valence-corrected chi connectivity index (χ3v) is 24.6. The number of carbonyl (C=O) groups is 10. The van der Waals surface area contributed by atoms with Gasteiger partial charge in [-0.1, -0.05) is 371 Å². The largest absolute Gasteiger partial charge is 0.465 e. The second kappa shape index (κ2) is 81.5. The molecule has 712 valence electrons. The maximum Gasteiger partial charge on any atom is 0.311 e. The summed E-state index contributed by atoms with van der Waals surface area (Å²) in [5, 5.41) is 0. The van der Waals surface area contributed by atoms with Crippen LogP contribution < -0.4 is 0 Å². The molecule has 0 saturated carbocycles. The maximum atomic E-state index is 12.2. The molecule has 5 unspecified atom stereocenters. The zero-order valence-corrected chi connectivity index (χ0v) is 80.7. The first-order chi connectivity index (χ1) is 59.4. The minimum Gasteiger partial charge on any atom is -0.465 e. The van der Waals surface area contributed by atoms with Crippen LogP contribution in [-0.4, -0.2) is 182 Å². The molecular weight excluding hydrogens is 1540 g/mol. The van der Waals surface area contributed by atoms with E-state index < -0.39 is 0 Å². The Labute approximate surface area is 747 Å². The molecule has 5 atom stereocenters. The first kappa shape index (κ1) is 115. The number of hydrogen-bond donors (Lipinski definition) is 0. The van der Waals surface area contributed by atoms with Crippen molar-refractivity contribution in [3.05, 3.63) is 0 Å². The molecule has 5 rings (SSSR count). The fraction of sp³-hybridized carbons (Fsp3) is 0.902. The monoisotopic (exact) mass is 1720 g/mol. The van der Waals surface area contributed by atoms with E-state index in [2.05, 4.69) is 69.2 Å². The lowest BCUT2D eigenvalue weighted by molar-refractivity contribution is -0.149. The predicted octanol–water partition coefficient (Wildman–Crippen LogP) is 24.3. The number of likely N-dealkylation sites (tertiary alicyclic amines) is 5. The number of ether oxygens (including phenoxy) is 5. The summed E-state index contributed by atoms with van der Waals surface area (Å²) in [4.78, 5) is 129. The van der Waals surface area contributed by atoms with E-state index in [0.29, 0.717) is 97.9 Å². The van der Waals surface area contributed by atoms with Gasteiger partial charge in [-0.2, -0.15) is 0 Å². The van der Waals surface area contributed by atoms with Crippen LogP contribution in [0, 0.1) is 29.6 Å². The molecule has 5 fully saturated rings. The lowest BCUT2D eigenvalue weighted by Crippen LogP contribution is -2.27. The highest BCUT2D eigenvalue weighted by molar-refractivity contribution is 5.89. The first-order valence-electron chi connectivity index (χ1n) is 51.7. The molecule has 122 heavy (non-hydrogen) atoms. The van der Waals surface area contributed by atoms with Gasteiger partial charge in [0.25, 0.3) is 0 Å². The van der Waals surface area contributed by atoms with E-state index in [-0.39, 0.29) is 89.0 Å². The van der Waals surface area contributed by atoms with Gasteiger partial charge in [0.2, 0.25) is 29.5 Å². The van der Waals surface area contributed by atoms with Crippen LogP contribution in [-0.2, 0) is 71.6 Å². The average Bonchev–Trinajstić information content (AvgIpc) is 1.75. The number of rotatable bonds is 72. The van der Waals surface area contributed by atoms with E-state index in [4.69, 9.17) is 23.7 Å². The van der Waals surface area contributed by atoms with Gasteiger partial charge >= 0.3 is 29.8 Å². The third kappa shape index (κ3) is 60.4. The molecule has 0 aliphatic carbocycles. The van der Waals surface area contributed by atoms with E-state index in [9.17, 15) is 47.9 Å². The smallest absolute Gasteiger partial charge is 0.311 e. The number of amides is 5. The standard InChI is InChI=1S/C27H51NO3.C21H39NO3.C20H37NO3.C18H33NO3.C16H29NO3/c1-3-5-7-9-10-11-12-13-14-15-16-17-18-19-21-28-24-25(23-26(28)29)27(30)31-22-20-8-6-4-2;1-3-5-7-9-10-11-12-13-15-22-18-19(17-20(22)23)21(24)25-16-14-8-6-4-2;1-3-5-7-9-10-11-12-14-21-17-18(16-19(21)22)20(23)24-15-13-8-6-4-2;1-3-5-7-9-10-12-19-15-16(14-17(19)20)18(21)22-13-11-8-6-4-2;1-3-5-7-9-11-20-16(19)14-12-15(18)17(13-14)10-8-6-4-2/h25H,3-24H2,1-2H3;19H,3-18H2,1-2H3;18H,3-17H2,1-2H3;16H,3-15H2,1-2H3;14H,3-13H2,1-2H3. The van der Waals surface area contributed by atoms with E-state index >= 15 is 0 Å². The zero-order chi connectivity index (χ0) is 89.5. The summed E-state index contributed by atoms with van der Waals surface area (Å²) in [7, 11) is 0. The molecule has 5 heterocycles. The van der Waals surface area contributed by atoms with Crippen molar-refractivity contribution in [1.82, 2.24) is 24.5 Å². The molecule has 0 radical (unpaired) electrons. The van der Waals surface area contributed by atoms with Gasteiger partial charge in [-0.15, -0.1) is 0 Å². The Bertz CT molecular complexity index is 2610. The third-order valence-electron chi connectivity index (χ3n) is 24.6. The van der Waals surface area contributed by atoms with E-state index in [1.54, 1.807) is 0 Å². The Kier molecular flexibility index (Phi) is 76.6. The van der Waals surface area contributed by atoms with Crippen LogP contribution in [0.3, 0.4) is 0 Å². The summed E-state index contributed by atoms with van der Waals surface area (Å²) in [6.07, 6.45) is 70.6. The normalized spacial score (nSPS) is 17.4. The second-order valence-corrected chi connectivity index (χ2v) is 36.2. The van der Waals surface area contributed by atoms with Crippen LogP contribution in [0.1, 0.15) is 467 Å². The fourth-order valence-electron chi connectivity index (χ4n) is 16.5. The summed E-state index contributed by atoms with van der Waals surface area (Å²) in [6, 6.07) is 0. The van der Waals surface area contributed by atoms with Gasteiger partial charge in [0.05, 0.1) is 62.6 Å². The maximum absolute atomic E-state index is 12.2. The van der Waals surface area contributed by atoms with Crippen molar-refractivity contribution in [3.63, 3.8) is 0 Å². The Hall–Kier alpha value is -5.30. The van der Waals surface area contributed by atoms with Crippen LogP contribution in [0.15, 0.2) is 0 Å². The van der Waals surface area contributed by atoms with Crippen molar-refractivity contribution >= 4 is 59.4 Å². The SMILES string of the molecule is CCCCCCCCCCCCCCCCN1CC(C(=O)OCCCCCC)CC1=O.CCCCCCCCCCN1CC(C(=O)OCCCCCC)CC1=O.CCCCCCCCCN1CC(C(=O)OCCCCCC)CC1=O.CCCCCCCN1CC(C(=O)OCCCCCC)CC1=O.CCCCCCOC(=O)C1CC(=O)N(CCCCC)C1. The first-order valence-corrected chi connectivity index (χ1v) is 51.7. The van der Waals surface area contributed by atoms with Gasteiger partial charge < -0.3 is 48.2 Å². The van der Waals surface area contributed by atoms with Crippen LogP contribution in [0.25, 0.3) is 0 Å². The summed E-state index contributed by atoms with van der Waals surface area (Å²) in [5.74, 6) is -1.52. The fourth-order valence-corrected chi connectivity index (χ4v) is 16.5. The molecule has 5 saturated heterocycles. The lowest BCUT2D eigenvalue weighted by atomic mass is 10.0. The zero-order valence-electron chi connectivity index (χ0n) is 80.7. The van der Waals surface area contributed by atoms with Crippen LogP contribution >= 0.6 is 0 Å². The Morgan fingerprint density at radius 2 is 0.303 bits per heavy atom. The summed E-state index contributed by atoms with van der Waals surface area (Å²) >= 11 is 0. The van der Waals surface area contributed by atoms with Crippen LogP contribution in [0.4, 0.5) is 0 Å². The molecule has 0 N–H and O–H groups in total. The highest BCUT2D eigenvalue weighted by atomic mass is 16.5. The number of carbonyl (C=O) groups excluding carboxylic acids is 10. The minimum atomic E-state index is -0.245. The Morgan fingerprint density at radius 1 is 0.189 bits per heavy atom. The van der Waals surface area contributed by atoms with Gasteiger partial charge in [0.15, 0.2) is 0 Å². The molecule has 0 aromatic rings. The molecular formula is C102H189N5O15. The highest BCUT2D eigenvalue weighted by Crippen LogP contribution is 2.27. The van der Waals surface area contributed by atoms with Crippen molar-refractivity contribution in [2.24, 2.45) is 29.6 Å². The number of nitrogens with zero attached hydrogens (tertiary/aromatic N) is 5. The number of unbranched alkanes of at least 4 members (excludes halogenated alkanes) is 47. The highest BCUT2D eigenvalue weighted by Gasteiger charge is 2.39. The molecule has 5 aliphatic rings. The molecule has 0 aromatic heterocycles. The summed E-state index contributed by atoms with van der Waals surface area (Å²) in [6.45, 7) is 31.2. The van der Waals surface area contributed by atoms with Crippen molar-refractivity contribution in [2.75, 3.05) is 98.5 Å². The lowest BCUT2D eigenvalue weighted by Gasteiger charge is -2.16. The average molecular weight is 1730 g/mol. The molecule has 20 heteroatoms. The van der Waals surface area contributed by atoms with Crippen molar-refractivity contribution in [3.8, 4) is 0 Å². The molecule has 5 aliphatic heterocycles. The van der Waals surface area contributed by atoms with Gasteiger partial charge in [0.1, 0.15) is 0 Å². The summed E-state index contributed by atoms with van der Waals surface area (Å²) < 4.78 is 26.6. The van der Waals surface area contributed by atoms with Crippen molar-refractivity contribution in [2.45, 2.75) is 467 Å². The van der Waals surface area contributed by atoms with E-state index in [1.165, 1.54) is 257 Å². The molecule has 5 amide bonds. The topological polar surface area (TPSA) is 233 Å².